The van der Waals surface area contributed by atoms with E-state index in [1.165, 1.54) is 25.7 Å². The summed E-state index contributed by atoms with van der Waals surface area (Å²) in [5, 5.41) is 13.9. The van der Waals surface area contributed by atoms with Gasteiger partial charge in [0.25, 0.3) is 5.95 Å². The molecule has 0 amide bonds. The van der Waals surface area contributed by atoms with Crippen LogP contribution in [0.4, 0.5) is 5.95 Å². The molecule has 0 spiro atoms. The Labute approximate surface area is 107 Å². The summed E-state index contributed by atoms with van der Waals surface area (Å²) in [5.41, 5.74) is 0. The number of aliphatic hydroxyl groups excluding tert-OH is 1. The van der Waals surface area contributed by atoms with Gasteiger partial charge in [-0.25, -0.2) is 0 Å². The summed E-state index contributed by atoms with van der Waals surface area (Å²) in [6.07, 6.45) is 7.46. The molecular weight excluding hydrogens is 230 g/mol. The quantitative estimate of drug-likeness (QED) is 0.883. The van der Waals surface area contributed by atoms with Crippen molar-refractivity contribution >= 4 is 5.95 Å². The zero-order chi connectivity index (χ0) is 12.4. The lowest BCUT2D eigenvalue weighted by Gasteiger charge is -2.16. The summed E-state index contributed by atoms with van der Waals surface area (Å²) in [6, 6.07) is 0. The summed E-state index contributed by atoms with van der Waals surface area (Å²) in [5.74, 6) is 1.74. The zero-order valence-corrected chi connectivity index (χ0v) is 10.7. The maximum absolute atomic E-state index is 9.87. The average molecular weight is 251 g/mol. The van der Waals surface area contributed by atoms with Crippen LogP contribution in [-0.2, 0) is 6.42 Å². The van der Waals surface area contributed by atoms with Gasteiger partial charge in [0.2, 0.25) is 5.89 Å². The van der Waals surface area contributed by atoms with Crippen molar-refractivity contribution in [3.8, 4) is 0 Å². The highest BCUT2D eigenvalue weighted by Gasteiger charge is 2.31. The molecule has 1 aliphatic heterocycles. The molecule has 1 unspecified atom stereocenters. The van der Waals surface area contributed by atoms with Crippen molar-refractivity contribution in [3.05, 3.63) is 5.89 Å². The van der Waals surface area contributed by atoms with E-state index in [0.29, 0.717) is 24.2 Å². The highest BCUT2D eigenvalue weighted by molar-refractivity contribution is 5.27. The van der Waals surface area contributed by atoms with Crippen LogP contribution in [0.15, 0.2) is 4.52 Å². The predicted octanol–water partition coefficient (Wildman–Crippen LogP) is 1.76. The molecule has 1 saturated heterocycles. The lowest BCUT2D eigenvalue weighted by molar-refractivity contribution is 0.140. The molecule has 3 rings (SSSR count). The van der Waals surface area contributed by atoms with Crippen LogP contribution < -0.4 is 4.90 Å². The first-order chi connectivity index (χ1) is 8.83. The molecule has 1 saturated carbocycles. The normalized spacial score (nSPS) is 22.8. The second kappa shape index (κ2) is 5.26. The molecule has 1 N–H and O–H groups in total. The van der Waals surface area contributed by atoms with Crippen molar-refractivity contribution in [2.45, 2.75) is 51.0 Å². The molecule has 1 aromatic rings. The Hall–Kier alpha value is -1.10. The summed E-state index contributed by atoms with van der Waals surface area (Å²) >= 11 is 0. The smallest absolute Gasteiger partial charge is 0.266 e. The van der Waals surface area contributed by atoms with Crippen LogP contribution >= 0.6 is 0 Å². The number of hydrogen-bond donors (Lipinski definition) is 1. The number of hydrogen-bond acceptors (Lipinski definition) is 5. The van der Waals surface area contributed by atoms with Crippen molar-refractivity contribution in [1.29, 1.82) is 0 Å². The fourth-order valence-electron chi connectivity index (χ4n) is 2.55. The summed E-state index contributed by atoms with van der Waals surface area (Å²) in [4.78, 5) is 6.61. The molecule has 1 atom stereocenters. The Kier molecular flexibility index (Phi) is 3.50. The van der Waals surface area contributed by atoms with E-state index in [-0.39, 0.29) is 6.10 Å². The first-order valence-corrected chi connectivity index (χ1v) is 7.08. The third-order valence-corrected chi connectivity index (χ3v) is 3.90. The molecule has 0 aromatic carbocycles. The molecular formula is C13H21N3O2. The maximum atomic E-state index is 9.87. The van der Waals surface area contributed by atoms with E-state index in [1.54, 1.807) is 0 Å². The zero-order valence-electron chi connectivity index (χ0n) is 10.7. The van der Waals surface area contributed by atoms with Gasteiger partial charge in [-0.15, -0.1) is 0 Å². The molecule has 2 fully saturated rings. The molecule has 2 heterocycles. The van der Waals surface area contributed by atoms with Gasteiger partial charge in [0.15, 0.2) is 0 Å². The molecule has 1 aromatic heterocycles. The van der Waals surface area contributed by atoms with E-state index in [0.717, 1.165) is 25.9 Å². The predicted molar refractivity (Wildman–Crippen MR) is 67.4 cm³/mol. The average Bonchev–Trinajstić information content (AvgIpc) is 3.16. The third-order valence-electron chi connectivity index (χ3n) is 3.90. The van der Waals surface area contributed by atoms with E-state index >= 15 is 0 Å². The van der Waals surface area contributed by atoms with Gasteiger partial charge in [-0.2, -0.15) is 4.98 Å². The molecule has 5 nitrogen and oxygen atoms in total. The Morgan fingerprint density at radius 2 is 1.94 bits per heavy atom. The minimum Gasteiger partial charge on any atom is -0.392 e. The highest BCUT2D eigenvalue weighted by Crippen LogP contribution is 2.33. The second-order valence-electron chi connectivity index (χ2n) is 5.50. The fraction of sp³-hybridized carbons (Fsp3) is 0.846. The van der Waals surface area contributed by atoms with Crippen molar-refractivity contribution in [3.63, 3.8) is 0 Å². The molecule has 18 heavy (non-hydrogen) atoms. The summed E-state index contributed by atoms with van der Waals surface area (Å²) in [6.45, 7) is 2.04. The number of anilines is 1. The Bertz CT molecular complexity index is 381. The van der Waals surface area contributed by atoms with Crippen LogP contribution in [0.5, 0.6) is 0 Å². The van der Waals surface area contributed by atoms with Crippen molar-refractivity contribution in [2.24, 2.45) is 5.92 Å². The van der Waals surface area contributed by atoms with E-state index < -0.39 is 0 Å². The van der Waals surface area contributed by atoms with Gasteiger partial charge < -0.3 is 14.5 Å². The standard InChI is InChI=1S/C13H21N3O2/c17-11(10-5-6-10)9-12-14-13(15-18-12)16-7-3-1-2-4-8-16/h10-11,17H,1-9H2. The number of aliphatic hydroxyl groups is 1. The Morgan fingerprint density at radius 3 is 2.61 bits per heavy atom. The molecule has 0 bridgehead atoms. The van der Waals surface area contributed by atoms with Gasteiger partial charge in [0.1, 0.15) is 0 Å². The van der Waals surface area contributed by atoms with Crippen molar-refractivity contribution in [1.82, 2.24) is 10.1 Å². The summed E-state index contributed by atoms with van der Waals surface area (Å²) < 4.78 is 5.24. The Morgan fingerprint density at radius 1 is 1.22 bits per heavy atom. The number of nitrogens with zero attached hydrogens (tertiary/aromatic N) is 3. The second-order valence-corrected chi connectivity index (χ2v) is 5.50. The monoisotopic (exact) mass is 251 g/mol. The molecule has 5 heteroatoms. The lowest BCUT2D eigenvalue weighted by Crippen LogP contribution is -2.25. The van der Waals surface area contributed by atoms with Gasteiger partial charge in [-0.3, -0.25) is 0 Å². The maximum Gasteiger partial charge on any atom is 0.266 e. The van der Waals surface area contributed by atoms with Crippen LogP contribution in [0.1, 0.15) is 44.4 Å². The summed E-state index contributed by atoms with van der Waals surface area (Å²) in [7, 11) is 0. The van der Waals surface area contributed by atoms with Gasteiger partial charge in [0, 0.05) is 13.1 Å². The number of aromatic nitrogens is 2. The van der Waals surface area contributed by atoms with E-state index in [9.17, 15) is 5.11 Å². The molecule has 1 aliphatic carbocycles. The van der Waals surface area contributed by atoms with E-state index in [1.807, 2.05) is 0 Å². The largest absolute Gasteiger partial charge is 0.392 e. The van der Waals surface area contributed by atoms with Crippen molar-refractivity contribution in [2.75, 3.05) is 18.0 Å². The highest BCUT2D eigenvalue weighted by atomic mass is 16.5. The van der Waals surface area contributed by atoms with Gasteiger partial charge >= 0.3 is 0 Å². The SMILES string of the molecule is OC(Cc1nc(N2CCCCCC2)no1)C1CC1. The van der Waals surface area contributed by atoms with Crippen LogP contribution in [0.25, 0.3) is 0 Å². The Balaban J connectivity index is 1.60. The first-order valence-electron chi connectivity index (χ1n) is 7.08. The van der Waals surface area contributed by atoms with Crippen LogP contribution in [0, 0.1) is 5.92 Å². The van der Waals surface area contributed by atoms with Gasteiger partial charge in [-0.1, -0.05) is 12.8 Å². The van der Waals surface area contributed by atoms with Gasteiger partial charge in [-0.05, 0) is 36.8 Å². The minimum atomic E-state index is -0.303. The minimum absolute atomic E-state index is 0.303. The van der Waals surface area contributed by atoms with Crippen molar-refractivity contribution < 1.29 is 9.63 Å². The van der Waals surface area contributed by atoms with Crippen LogP contribution in [0.3, 0.4) is 0 Å². The fourth-order valence-corrected chi connectivity index (χ4v) is 2.55. The third kappa shape index (κ3) is 2.83. The van der Waals surface area contributed by atoms with Gasteiger partial charge in [0.05, 0.1) is 12.5 Å². The molecule has 2 aliphatic rings. The van der Waals surface area contributed by atoms with E-state index in [4.69, 9.17) is 4.52 Å². The molecule has 0 radical (unpaired) electrons. The number of rotatable bonds is 4. The first kappa shape index (κ1) is 12.0. The molecule has 100 valence electrons. The topological polar surface area (TPSA) is 62.4 Å². The van der Waals surface area contributed by atoms with Crippen LogP contribution in [-0.4, -0.2) is 34.4 Å². The van der Waals surface area contributed by atoms with Crippen LogP contribution in [0.2, 0.25) is 0 Å². The lowest BCUT2D eigenvalue weighted by atomic mass is 10.2. The van der Waals surface area contributed by atoms with E-state index in [2.05, 4.69) is 15.0 Å².